The molecule has 0 spiro atoms. The summed E-state index contributed by atoms with van der Waals surface area (Å²) < 4.78 is 5.04. The minimum atomic E-state index is -0.447. The Morgan fingerprint density at radius 3 is 2.12 bits per heavy atom. The van der Waals surface area contributed by atoms with Crippen LogP contribution in [0.4, 0.5) is 0 Å². The van der Waals surface area contributed by atoms with Crippen LogP contribution >= 0.6 is 0 Å². The van der Waals surface area contributed by atoms with Gasteiger partial charge in [0.25, 0.3) is 0 Å². The fourth-order valence-electron chi connectivity index (χ4n) is 1.78. The Morgan fingerprint density at radius 2 is 1.82 bits per heavy atom. The minimum absolute atomic E-state index is 0.0819. The van der Waals surface area contributed by atoms with Gasteiger partial charge in [0.1, 0.15) is 12.6 Å². The topological polar surface area (TPSA) is 53.3 Å². The molecule has 0 saturated heterocycles. The third kappa shape index (κ3) is 5.01. The Labute approximate surface area is 104 Å². The molecular weight excluding hydrogens is 216 g/mol. The van der Waals surface area contributed by atoms with E-state index in [1.165, 1.54) is 0 Å². The third-order valence-electron chi connectivity index (χ3n) is 2.42. The van der Waals surface area contributed by atoms with Gasteiger partial charge in [-0.2, -0.15) is 5.26 Å². The van der Waals surface area contributed by atoms with E-state index in [4.69, 9.17) is 10.00 Å². The Hall–Kier alpha value is -1.34. The van der Waals surface area contributed by atoms with Crippen molar-refractivity contribution in [2.75, 3.05) is 6.61 Å². The molecule has 0 rings (SSSR count). The largest absolute Gasteiger partial charge is 0.460 e. The molecule has 1 unspecified atom stereocenters. The van der Waals surface area contributed by atoms with Crippen molar-refractivity contribution in [1.82, 2.24) is 4.90 Å². The zero-order valence-corrected chi connectivity index (χ0v) is 11.4. The summed E-state index contributed by atoms with van der Waals surface area (Å²) in [6.45, 7) is 13.2. The van der Waals surface area contributed by atoms with Crippen molar-refractivity contribution >= 4 is 5.97 Å². The van der Waals surface area contributed by atoms with E-state index in [0.29, 0.717) is 5.57 Å². The highest BCUT2D eigenvalue weighted by Crippen LogP contribution is 2.11. The first-order valence-electron chi connectivity index (χ1n) is 5.81. The van der Waals surface area contributed by atoms with Gasteiger partial charge < -0.3 is 4.74 Å². The van der Waals surface area contributed by atoms with Crippen molar-refractivity contribution in [1.29, 1.82) is 5.26 Å². The first-order valence-corrected chi connectivity index (χ1v) is 5.81. The number of nitrogens with zero attached hydrogens (tertiary/aromatic N) is 2. The molecule has 17 heavy (non-hydrogen) atoms. The van der Waals surface area contributed by atoms with Gasteiger partial charge in [-0.3, -0.25) is 4.90 Å². The van der Waals surface area contributed by atoms with E-state index < -0.39 is 12.0 Å². The molecule has 1 atom stereocenters. The third-order valence-corrected chi connectivity index (χ3v) is 2.42. The number of rotatable bonds is 6. The van der Waals surface area contributed by atoms with E-state index in [1.54, 1.807) is 6.92 Å². The summed E-state index contributed by atoms with van der Waals surface area (Å²) in [7, 11) is 0. The lowest BCUT2D eigenvalue weighted by atomic mass is 10.1. The second-order valence-corrected chi connectivity index (χ2v) is 4.66. The molecule has 0 aliphatic heterocycles. The van der Waals surface area contributed by atoms with Gasteiger partial charge in [-0.1, -0.05) is 6.58 Å². The summed E-state index contributed by atoms with van der Waals surface area (Å²) in [5.74, 6) is -0.447. The molecule has 0 amide bonds. The van der Waals surface area contributed by atoms with Crippen molar-refractivity contribution in [3.05, 3.63) is 12.2 Å². The van der Waals surface area contributed by atoms with Gasteiger partial charge in [0.05, 0.1) is 6.07 Å². The van der Waals surface area contributed by atoms with E-state index in [-0.39, 0.29) is 18.7 Å². The molecule has 0 aliphatic carbocycles. The van der Waals surface area contributed by atoms with Gasteiger partial charge in [0.15, 0.2) is 0 Å². The first-order chi connectivity index (χ1) is 7.81. The zero-order chi connectivity index (χ0) is 13.6. The number of carbonyl (C=O) groups is 1. The van der Waals surface area contributed by atoms with Gasteiger partial charge in [0.2, 0.25) is 0 Å². The molecule has 0 heterocycles. The predicted octanol–water partition coefficient (Wildman–Crippen LogP) is 2.12. The number of carbonyl (C=O) groups excluding carboxylic acids is 1. The highest BCUT2D eigenvalue weighted by atomic mass is 16.5. The summed E-state index contributed by atoms with van der Waals surface area (Å²) in [5.41, 5.74) is 0.349. The maximum atomic E-state index is 11.3. The molecule has 96 valence electrons. The minimum Gasteiger partial charge on any atom is -0.460 e. The van der Waals surface area contributed by atoms with Crippen LogP contribution in [-0.2, 0) is 9.53 Å². The number of hydrogen-bond donors (Lipinski definition) is 0. The van der Waals surface area contributed by atoms with Crippen molar-refractivity contribution in [2.24, 2.45) is 0 Å². The van der Waals surface area contributed by atoms with Crippen molar-refractivity contribution < 1.29 is 9.53 Å². The predicted molar refractivity (Wildman–Crippen MR) is 67.3 cm³/mol. The molecule has 0 saturated carbocycles. The lowest BCUT2D eigenvalue weighted by molar-refractivity contribution is -0.140. The lowest BCUT2D eigenvalue weighted by Gasteiger charge is -2.34. The normalized spacial score (nSPS) is 12.6. The zero-order valence-electron chi connectivity index (χ0n) is 11.4. The summed E-state index contributed by atoms with van der Waals surface area (Å²) in [6, 6.07) is 2.21. The average molecular weight is 238 g/mol. The van der Waals surface area contributed by atoms with Crippen LogP contribution in [0.1, 0.15) is 34.6 Å². The van der Waals surface area contributed by atoms with Crippen LogP contribution < -0.4 is 0 Å². The number of hydrogen-bond acceptors (Lipinski definition) is 4. The summed E-state index contributed by atoms with van der Waals surface area (Å²) in [6.07, 6.45) is 0. The van der Waals surface area contributed by atoms with Crippen LogP contribution in [-0.4, -0.2) is 35.6 Å². The van der Waals surface area contributed by atoms with Crippen molar-refractivity contribution in [2.45, 2.75) is 52.7 Å². The van der Waals surface area contributed by atoms with Crippen LogP contribution in [0.5, 0.6) is 0 Å². The molecule has 4 heteroatoms. The van der Waals surface area contributed by atoms with Gasteiger partial charge in [-0.05, 0) is 34.6 Å². The molecule has 4 nitrogen and oxygen atoms in total. The highest BCUT2D eigenvalue weighted by Gasteiger charge is 2.24. The van der Waals surface area contributed by atoms with Crippen LogP contribution in [0.15, 0.2) is 12.2 Å². The molecule has 0 aromatic carbocycles. The van der Waals surface area contributed by atoms with E-state index >= 15 is 0 Å². The van der Waals surface area contributed by atoms with Gasteiger partial charge in [-0.25, -0.2) is 4.79 Å². The van der Waals surface area contributed by atoms with Crippen LogP contribution in [0, 0.1) is 11.3 Å². The summed E-state index contributed by atoms with van der Waals surface area (Å²) >= 11 is 0. The fourth-order valence-corrected chi connectivity index (χ4v) is 1.78. The van der Waals surface area contributed by atoms with Crippen molar-refractivity contribution in [3.63, 3.8) is 0 Å². The molecule has 0 fully saturated rings. The number of esters is 1. The van der Waals surface area contributed by atoms with Gasteiger partial charge >= 0.3 is 5.97 Å². The number of nitriles is 1. The SMILES string of the molecule is C=C(C)C(=O)OCC(C#N)N(C(C)C)C(C)C. The second kappa shape index (κ2) is 7.08. The van der Waals surface area contributed by atoms with Crippen molar-refractivity contribution in [3.8, 4) is 6.07 Å². The van der Waals surface area contributed by atoms with Gasteiger partial charge in [0, 0.05) is 17.7 Å². The molecule has 0 radical (unpaired) electrons. The second-order valence-electron chi connectivity index (χ2n) is 4.66. The first kappa shape index (κ1) is 15.7. The van der Waals surface area contributed by atoms with Gasteiger partial charge in [-0.15, -0.1) is 0 Å². The van der Waals surface area contributed by atoms with Crippen LogP contribution in [0.2, 0.25) is 0 Å². The summed E-state index contributed by atoms with van der Waals surface area (Å²) in [4.78, 5) is 13.3. The Kier molecular flexibility index (Phi) is 6.52. The van der Waals surface area contributed by atoms with Crippen LogP contribution in [0.25, 0.3) is 0 Å². The van der Waals surface area contributed by atoms with Crippen LogP contribution in [0.3, 0.4) is 0 Å². The molecular formula is C13H22N2O2. The summed E-state index contributed by atoms with van der Waals surface area (Å²) in [5, 5.41) is 9.14. The average Bonchev–Trinajstić information content (AvgIpc) is 2.21. The smallest absolute Gasteiger partial charge is 0.333 e. The maximum Gasteiger partial charge on any atom is 0.333 e. The lowest BCUT2D eigenvalue weighted by Crippen LogP contribution is -2.46. The van der Waals surface area contributed by atoms with E-state index in [0.717, 1.165) is 0 Å². The quantitative estimate of drug-likeness (QED) is 0.525. The maximum absolute atomic E-state index is 11.3. The fraction of sp³-hybridized carbons (Fsp3) is 0.692. The Morgan fingerprint density at radius 1 is 1.35 bits per heavy atom. The van der Waals surface area contributed by atoms with E-state index in [9.17, 15) is 4.79 Å². The molecule has 0 N–H and O–H groups in total. The number of ether oxygens (including phenoxy) is 1. The monoisotopic (exact) mass is 238 g/mol. The highest BCUT2D eigenvalue weighted by molar-refractivity contribution is 5.86. The molecule has 0 aromatic rings. The van der Waals surface area contributed by atoms with E-state index in [2.05, 4.69) is 12.6 Å². The molecule has 0 aliphatic rings. The Bertz CT molecular complexity index is 308. The molecule has 0 aromatic heterocycles. The van der Waals surface area contributed by atoms with E-state index in [1.807, 2.05) is 32.6 Å². The molecule has 0 bridgehead atoms. The Balaban J connectivity index is 4.57. The standard InChI is InChI=1S/C13H22N2O2/c1-9(2)13(16)17-8-12(7-14)15(10(3)4)11(5)6/h10-12H,1,8H2,2-6H3.